The number of anilines is 2. The van der Waals surface area contributed by atoms with Crippen molar-refractivity contribution in [3.05, 3.63) is 88.4 Å². The van der Waals surface area contributed by atoms with Crippen LogP contribution in [-0.2, 0) is 10.0 Å². The van der Waals surface area contributed by atoms with Crippen molar-refractivity contribution in [2.45, 2.75) is 4.90 Å². The van der Waals surface area contributed by atoms with Gasteiger partial charge in [0, 0.05) is 5.69 Å². The highest BCUT2D eigenvalue weighted by molar-refractivity contribution is 7.92. The Balaban J connectivity index is 1.84. The fourth-order valence-electron chi connectivity index (χ4n) is 2.33. The van der Waals surface area contributed by atoms with Gasteiger partial charge >= 0.3 is 0 Å². The molecule has 0 aliphatic rings. The smallest absolute Gasteiger partial charge is 0.262 e. The number of benzene rings is 3. The van der Waals surface area contributed by atoms with Gasteiger partial charge in [-0.2, -0.15) is 0 Å². The molecule has 138 valence electrons. The van der Waals surface area contributed by atoms with Crippen LogP contribution in [-0.4, -0.2) is 14.3 Å². The zero-order valence-corrected chi connectivity index (χ0v) is 16.1. The van der Waals surface area contributed by atoms with E-state index < -0.39 is 15.9 Å². The molecule has 2 N–H and O–H groups in total. The van der Waals surface area contributed by atoms with E-state index in [2.05, 4.69) is 10.0 Å². The summed E-state index contributed by atoms with van der Waals surface area (Å²) in [6.45, 7) is 0. The van der Waals surface area contributed by atoms with Crippen LogP contribution >= 0.6 is 23.2 Å². The van der Waals surface area contributed by atoms with Crippen LogP contribution in [0.25, 0.3) is 0 Å². The van der Waals surface area contributed by atoms with E-state index in [4.69, 9.17) is 23.2 Å². The second-order valence-electron chi connectivity index (χ2n) is 5.55. The molecule has 27 heavy (non-hydrogen) atoms. The molecular weight excluding hydrogens is 407 g/mol. The molecule has 3 rings (SSSR count). The monoisotopic (exact) mass is 420 g/mol. The lowest BCUT2D eigenvalue weighted by molar-refractivity contribution is 0.102. The predicted molar refractivity (Wildman–Crippen MR) is 108 cm³/mol. The highest BCUT2D eigenvalue weighted by Crippen LogP contribution is 2.25. The molecule has 0 atom stereocenters. The summed E-state index contributed by atoms with van der Waals surface area (Å²) in [5.41, 5.74) is 0.883. The molecule has 0 radical (unpaired) electrons. The number of sulfonamides is 1. The van der Waals surface area contributed by atoms with Crippen molar-refractivity contribution in [3.8, 4) is 0 Å². The van der Waals surface area contributed by atoms with Crippen molar-refractivity contribution >= 4 is 50.5 Å². The quantitative estimate of drug-likeness (QED) is 0.606. The first-order chi connectivity index (χ1) is 12.9. The summed E-state index contributed by atoms with van der Waals surface area (Å²) in [5, 5.41) is 3.23. The van der Waals surface area contributed by atoms with Crippen molar-refractivity contribution in [1.29, 1.82) is 0 Å². The average molecular weight is 421 g/mol. The molecule has 0 spiro atoms. The highest BCUT2D eigenvalue weighted by atomic mass is 35.5. The van der Waals surface area contributed by atoms with Gasteiger partial charge in [0.05, 0.1) is 26.2 Å². The van der Waals surface area contributed by atoms with E-state index >= 15 is 0 Å². The second kappa shape index (κ2) is 8.00. The van der Waals surface area contributed by atoms with Crippen LogP contribution in [0.5, 0.6) is 0 Å². The zero-order chi connectivity index (χ0) is 19.4. The number of nitrogens with one attached hydrogen (secondary N) is 2. The number of carbonyl (C=O) groups excluding carboxylic acids is 1. The lowest BCUT2D eigenvalue weighted by Crippen LogP contribution is -2.15. The zero-order valence-electron chi connectivity index (χ0n) is 13.8. The van der Waals surface area contributed by atoms with Gasteiger partial charge < -0.3 is 5.32 Å². The summed E-state index contributed by atoms with van der Waals surface area (Å²) in [4.78, 5) is 12.3. The minimum absolute atomic E-state index is 0.0145. The first kappa shape index (κ1) is 19.2. The lowest BCUT2D eigenvalue weighted by Gasteiger charge is -2.11. The van der Waals surface area contributed by atoms with Gasteiger partial charge in [-0.15, -0.1) is 0 Å². The Morgan fingerprint density at radius 3 is 2.19 bits per heavy atom. The number of hydrogen-bond acceptors (Lipinski definition) is 3. The number of para-hydroxylation sites is 1. The normalized spacial score (nSPS) is 11.0. The van der Waals surface area contributed by atoms with E-state index in [0.29, 0.717) is 16.3 Å². The summed E-state index contributed by atoms with van der Waals surface area (Å²) < 4.78 is 27.7. The largest absolute Gasteiger partial charge is 0.322 e. The standard InChI is InChI=1S/C19H14Cl2N2O3S/c20-16-9-2-1-8-15(16)19(24)22-13-6-5-7-14(12-13)27(25,26)23-18-11-4-3-10-17(18)21/h1-12,23H,(H,22,24). The number of amides is 1. The van der Waals surface area contributed by atoms with E-state index in [1.807, 2.05) is 0 Å². The molecule has 3 aromatic rings. The molecule has 0 bridgehead atoms. The molecule has 0 heterocycles. The molecule has 8 heteroatoms. The van der Waals surface area contributed by atoms with Crippen LogP contribution in [0.15, 0.2) is 77.7 Å². The van der Waals surface area contributed by atoms with Crippen molar-refractivity contribution < 1.29 is 13.2 Å². The Labute approximate surface area is 167 Å². The Kier molecular flexibility index (Phi) is 5.70. The van der Waals surface area contributed by atoms with E-state index in [0.717, 1.165) is 0 Å². The van der Waals surface area contributed by atoms with E-state index in [1.54, 1.807) is 54.6 Å². The molecule has 5 nitrogen and oxygen atoms in total. The lowest BCUT2D eigenvalue weighted by atomic mass is 10.2. The summed E-state index contributed by atoms with van der Waals surface area (Å²) in [5.74, 6) is -0.436. The first-order valence-electron chi connectivity index (χ1n) is 7.80. The maximum atomic E-state index is 12.6. The van der Waals surface area contributed by atoms with Crippen LogP contribution in [0.2, 0.25) is 10.0 Å². The Morgan fingerprint density at radius 1 is 0.815 bits per heavy atom. The average Bonchev–Trinajstić information content (AvgIpc) is 2.64. The molecule has 0 aromatic heterocycles. The molecule has 1 amide bonds. The summed E-state index contributed by atoms with van der Waals surface area (Å²) >= 11 is 12.0. The summed E-state index contributed by atoms with van der Waals surface area (Å²) in [7, 11) is -3.88. The Morgan fingerprint density at radius 2 is 1.48 bits per heavy atom. The van der Waals surface area contributed by atoms with Crippen LogP contribution in [0.1, 0.15) is 10.4 Å². The summed E-state index contributed by atoms with van der Waals surface area (Å²) in [6, 6.07) is 19.0. The third-order valence-electron chi connectivity index (χ3n) is 3.64. The van der Waals surface area contributed by atoms with Gasteiger partial charge in [-0.3, -0.25) is 9.52 Å². The molecule has 0 fully saturated rings. The minimum Gasteiger partial charge on any atom is -0.322 e. The topological polar surface area (TPSA) is 75.3 Å². The van der Waals surface area contributed by atoms with Crippen LogP contribution in [0.4, 0.5) is 11.4 Å². The minimum atomic E-state index is -3.88. The van der Waals surface area contributed by atoms with Gasteiger partial charge in [0.1, 0.15) is 0 Å². The van der Waals surface area contributed by atoms with Crippen molar-refractivity contribution in [2.75, 3.05) is 10.0 Å². The molecular formula is C19H14Cl2N2O3S. The number of rotatable bonds is 5. The Hall–Kier alpha value is -2.54. The van der Waals surface area contributed by atoms with Crippen LogP contribution in [0.3, 0.4) is 0 Å². The molecule has 0 aliphatic carbocycles. The molecule has 0 unspecified atom stereocenters. The van der Waals surface area contributed by atoms with Gasteiger partial charge in [-0.1, -0.05) is 53.5 Å². The van der Waals surface area contributed by atoms with Gasteiger partial charge in [0.2, 0.25) is 0 Å². The molecule has 0 aliphatic heterocycles. The van der Waals surface area contributed by atoms with Crippen LogP contribution in [0, 0.1) is 0 Å². The van der Waals surface area contributed by atoms with Crippen LogP contribution < -0.4 is 10.0 Å². The molecule has 0 saturated heterocycles. The predicted octanol–water partition coefficient (Wildman–Crippen LogP) is 5.05. The number of carbonyl (C=O) groups is 1. The fourth-order valence-corrected chi connectivity index (χ4v) is 3.92. The van der Waals surface area contributed by atoms with E-state index in [-0.39, 0.29) is 15.6 Å². The fraction of sp³-hybridized carbons (Fsp3) is 0. The SMILES string of the molecule is O=C(Nc1cccc(S(=O)(=O)Nc2ccccc2Cl)c1)c1ccccc1Cl. The maximum Gasteiger partial charge on any atom is 0.262 e. The second-order valence-corrected chi connectivity index (χ2v) is 8.04. The third-order valence-corrected chi connectivity index (χ3v) is 5.66. The third kappa shape index (κ3) is 4.60. The van der Waals surface area contributed by atoms with Gasteiger partial charge in [0.25, 0.3) is 15.9 Å². The van der Waals surface area contributed by atoms with Gasteiger partial charge in [-0.25, -0.2) is 8.42 Å². The maximum absolute atomic E-state index is 12.6. The van der Waals surface area contributed by atoms with Crippen molar-refractivity contribution in [1.82, 2.24) is 0 Å². The number of hydrogen-bond donors (Lipinski definition) is 2. The van der Waals surface area contributed by atoms with E-state index in [9.17, 15) is 13.2 Å². The number of halogens is 2. The Bertz CT molecular complexity index is 1100. The highest BCUT2D eigenvalue weighted by Gasteiger charge is 2.17. The van der Waals surface area contributed by atoms with Gasteiger partial charge in [-0.05, 0) is 42.5 Å². The first-order valence-corrected chi connectivity index (χ1v) is 10.0. The summed E-state index contributed by atoms with van der Waals surface area (Å²) in [6.07, 6.45) is 0. The molecule has 0 saturated carbocycles. The van der Waals surface area contributed by atoms with Gasteiger partial charge in [0.15, 0.2) is 0 Å². The van der Waals surface area contributed by atoms with Crippen molar-refractivity contribution in [2.24, 2.45) is 0 Å². The molecule has 3 aromatic carbocycles. The van der Waals surface area contributed by atoms with E-state index in [1.165, 1.54) is 18.2 Å². The van der Waals surface area contributed by atoms with Crippen molar-refractivity contribution in [3.63, 3.8) is 0 Å².